The van der Waals surface area contributed by atoms with Gasteiger partial charge in [0.25, 0.3) is 0 Å². The van der Waals surface area contributed by atoms with E-state index in [9.17, 15) is 4.79 Å². The van der Waals surface area contributed by atoms with E-state index < -0.39 is 5.97 Å². The molecule has 1 atom stereocenters. The van der Waals surface area contributed by atoms with Gasteiger partial charge in [-0.1, -0.05) is 18.5 Å². The lowest BCUT2D eigenvalue weighted by Crippen LogP contribution is -2.38. The number of aliphatic carboxylic acids is 1. The number of piperidine rings is 1. The molecule has 1 unspecified atom stereocenters. The molecule has 0 radical (unpaired) electrons. The number of aromatic nitrogens is 2. The molecule has 1 fully saturated rings. The maximum Gasteiger partial charge on any atom is 0.307 e. The Bertz CT molecular complexity index is 473. The fraction of sp³-hybridized carbons (Fsp3) is 0.692. The fourth-order valence-electron chi connectivity index (χ4n) is 2.60. The number of carboxylic acids is 1. The van der Waals surface area contributed by atoms with Crippen LogP contribution in [-0.2, 0) is 24.8 Å². The summed E-state index contributed by atoms with van der Waals surface area (Å²) in [6.45, 7) is 4.22. The van der Waals surface area contributed by atoms with Gasteiger partial charge in [-0.2, -0.15) is 5.10 Å². The third kappa shape index (κ3) is 3.09. The minimum atomic E-state index is -0.699. The van der Waals surface area contributed by atoms with Crippen molar-refractivity contribution in [3.63, 3.8) is 0 Å². The highest BCUT2D eigenvalue weighted by Crippen LogP contribution is 2.24. The van der Waals surface area contributed by atoms with Crippen molar-refractivity contribution in [3.8, 4) is 0 Å². The number of aryl methyl sites for hydroxylation is 2. The van der Waals surface area contributed by atoms with E-state index in [1.807, 2.05) is 18.7 Å². The monoisotopic (exact) mass is 285 g/mol. The first-order chi connectivity index (χ1) is 9.02. The highest BCUT2D eigenvalue weighted by molar-refractivity contribution is 6.31. The van der Waals surface area contributed by atoms with Crippen molar-refractivity contribution in [1.29, 1.82) is 0 Å². The summed E-state index contributed by atoms with van der Waals surface area (Å²) in [5, 5.41) is 14.2. The molecule has 5 nitrogen and oxygen atoms in total. The molecule has 1 aliphatic heterocycles. The van der Waals surface area contributed by atoms with Gasteiger partial charge in [0.15, 0.2) is 0 Å². The van der Waals surface area contributed by atoms with Crippen molar-refractivity contribution in [1.82, 2.24) is 14.7 Å². The zero-order chi connectivity index (χ0) is 14.0. The smallest absolute Gasteiger partial charge is 0.307 e. The van der Waals surface area contributed by atoms with E-state index in [2.05, 4.69) is 10.00 Å². The van der Waals surface area contributed by atoms with Gasteiger partial charge in [0.2, 0.25) is 0 Å². The van der Waals surface area contributed by atoms with Gasteiger partial charge in [-0.25, -0.2) is 0 Å². The SMILES string of the molecule is CCc1nn(C)c(CN2CCCC(C(=O)O)C2)c1Cl. The van der Waals surface area contributed by atoms with Crippen LogP contribution < -0.4 is 0 Å². The average Bonchev–Trinajstić information content (AvgIpc) is 2.66. The highest BCUT2D eigenvalue weighted by Gasteiger charge is 2.26. The number of likely N-dealkylation sites (tertiary alicyclic amines) is 1. The molecular weight excluding hydrogens is 266 g/mol. The first-order valence-electron chi connectivity index (χ1n) is 6.68. The Kier molecular flexibility index (Phi) is 4.47. The Morgan fingerprint density at radius 2 is 2.32 bits per heavy atom. The van der Waals surface area contributed by atoms with Crippen LogP contribution in [0.1, 0.15) is 31.2 Å². The predicted molar refractivity (Wildman–Crippen MR) is 73.2 cm³/mol. The number of hydrogen-bond acceptors (Lipinski definition) is 3. The maximum atomic E-state index is 11.1. The fourth-order valence-corrected chi connectivity index (χ4v) is 2.96. The Hall–Kier alpha value is -1.07. The van der Waals surface area contributed by atoms with E-state index in [4.69, 9.17) is 16.7 Å². The van der Waals surface area contributed by atoms with Crippen molar-refractivity contribution >= 4 is 17.6 Å². The molecular formula is C13H20ClN3O2. The van der Waals surface area contributed by atoms with Gasteiger partial charge >= 0.3 is 5.97 Å². The molecule has 6 heteroatoms. The second-order valence-electron chi connectivity index (χ2n) is 5.10. The summed E-state index contributed by atoms with van der Waals surface area (Å²) in [5.74, 6) is -0.957. The van der Waals surface area contributed by atoms with Crippen molar-refractivity contribution in [2.45, 2.75) is 32.7 Å². The standard InChI is InChI=1S/C13H20ClN3O2/c1-3-10-12(14)11(16(2)15-10)8-17-6-4-5-9(7-17)13(18)19/h9H,3-8H2,1-2H3,(H,18,19). The normalized spacial score (nSPS) is 20.7. The summed E-state index contributed by atoms with van der Waals surface area (Å²) in [5.41, 5.74) is 1.88. The van der Waals surface area contributed by atoms with Gasteiger partial charge in [-0.3, -0.25) is 14.4 Å². The average molecular weight is 286 g/mol. The summed E-state index contributed by atoms with van der Waals surface area (Å²) in [6, 6.07) is 0. The molecule has 2 rings (SSSR count). The predicted octanol–water partition coefficient (Wildman–Crippen LogP) is 1.93. The van der Waals surface area contributed by atoms with E-state index in [1.54, 1.807) is 0 Å². The molecule has 1 aromatic heterocycles. The van der Waals surface area contributed by atoms with Crippen LogP contribution in [0.5, 0.6) is 0 Å². The molecule has 0 spiro atoms. The Balaban J connectivity index is 2.08. The minimum absolute atomic E-state index is 0.258. The summed E-state index contributed by atoms with van der Waals surface area (Å²) >= 11 is 6.32. The van der Waals surface area contributed by atoms with Gasteiger partial charge < -0.3 is 5.11 Å². The van der Waals surface area contributed by atoms with Crippen LogP contribution in [0.4, 0.5) is 0 Å². The summed E-state index contributed by atoms with van der Waals surface area (Å²) in [4.78, 5) is 13.2. The number of hydrogen-bond donors (Lipinski definition) is 1. The molecule has 19 heavy (non-hydrogen) atoms. The molecule has 0 aliphatic carbocycles. The Morgan fingerprint density at radius 3 is 2.89 bits per heavy atom. The molecule has 0 bridgehead atoms. The van der Waals surface area contributed by atoms with Crippen LogP contribution >= 0.6 is 11.6 Å². The van der Waals surface area contributed by atoms with Gasteiger partial charge in [-0.05, 0) is 25.8 Å². The van der Waals surface area contributed by atoms with Crippen LogP contribution in [0.3, 0.4) is 0 Å². The number of carboxylic acid groups (broad SMARTS) is 1. The van der Waals surface area contributed by atoms with Crippen LogP contribution in [0, 0.1) is 5.92 Å². The van der Waals surface area contributed by atoms with Crippen molar-refractivity contribution < 1.29 is 9.90 Å². The topological polar surface area (TPSA) is 58.4 Å². The van der Waals surface area contributed by atoms with Gasteiger partial charge in [-0.15, -0.1) is 0 Å². The van der Waals surface area contributed by atoms with Crippen molar-refractivity contribution in [2.24, 2.45) is 13.0 Å². The second-order valence-corrected chi connectivity index (χ2v) is 5.47. The van der Waals surface area contributed by atoms with Gasteiger partial charge in [0.05, 0.1) is 22.3 Å². The van der Waals surface area contributed by atoms with E-state index in [0.29, 0.717) is 13.1 Å². The number of halogens is 1. The Morgan fingerprint density at radius 1 is 1.58 bits per heavy atom. The second kappa shape index (κ2) is 5.92. The van der Waals surface area contributed by atoms with E-state index in [-0.39, 0.29) is 5.92 Å². The molecule has 0 aromatic carbocycles. The number of nitrogens with zero attached hydrogens (tertiary/aromatic N) is 3. The lowest BCUT2D eigenvalue weighted by atomic mass is 9.98. The maximum absolute atomic E-state index is 11.1. The van der Waals surface area contributed by atoms with Gasteiger partial charge in [0, 0.05) is 20.1 Å². The molecule has 1 aromatic rings. The number of rotatable bonds is 4. The lowest BCUT2D eigenvalue weighted by molar-refractivity contribution is -0.143. The summed E-state index contributed by atoms with van der Waals surface area (Å²) in [7, 11) is 1.89. The quantitative estimate of drug-likeness (QED) is 0.918. The molecule has 1 saturated heterocycles. The Labute approximate surface area is 118 Å². The zero-order valence-electron chi connectivity index (χ0n) is 11.4. The largest absolute Gasteiger partial charge is 0.481 e. The van der Waals surface area contributed by atoms with Gasteiger partial charge in [0.1, 0.15) is 0 Å². The van der Waals surface area contributed by atoms with E-state index >= 15 is 0 Å². The van der Waals surface area contributed by atoms with Crippen LogP contribution in [0.2, 0.25) is 5.02 Å². The first-order valence-corrected chi connectivity index (χ1v) is 7.06. The van der Waals surface area contributed by atoms with E-state index in [0.717, 1.165) is 42.2 Å². The summed E-state index contributed by atoms with van der Waals surface area (Å²) < 4.78 is 1.81. The summed E-state index contributed by atoms with van der Waals surface area (Å²) in [6.07, 6.45) is 2.50. The van der Waals surface area contributed by atoms with Crippen LogP contribution in [-0.4, -0.2) is 38.8 Å². The number of carbonyl (C=O) groups is 1. The highest BCUT2D eigenvalue weighted by atomic mass is 35.5. The minimum Gasteiger partial charge on any atom is -0.481 e. The third-order valence-electron chi connectivity index (χ3n) is 3.73. The molecule has 0 amide bonds. The lowest BCUT2D eigenvalue weighted by Gasteiger charge is -2.30. The molecule has 0 saturated carbocycles. The first kappa shape index (κ1) is 14.3. The third-order valence-corrected chi connectivity index (χ3v) is 4.17. The van der Waals surface area contributed by atoms with E-state index in [1.165, 1.54) is 0 Å². The zero-order valence-corrected chi connectivity index (χ0v) is 12.2. The van der Waals surface area contributed by atoms with Crippen LogP contribution in [0.25, 0.3) is 0 Å². The molecule has 106 valence electrons. The van der Waals surface area contributed by atoms with Crippen molar-refractivity contribution in [2.75, 3.05) is 13.1 Å². The molecule has 1 N–H and O–H groups in total. The molecule has 2 heterocycles. The van der Waals surface area contributed by atoms with Crippen molar-refractivity contribution in [3.05, 3.63) is 16.4 Å². The van der Waals surface area contributed by atoms with Crippen LogP contribution in [0.15, 0.2) is 0 Å². The molecule has 1 aliphatic rings.